The molecule has 2 heterocycles. The van der Waals surface area contributed by atoms with Gasteiger partial charge in [0, 0.05) is 37.9 Å². The van der Waals surface area contributed by atoms with Gasteiger partial charge >= 0.3 is 0 Å². The van der Waals surface area contributed by atoms with Gasteiger partial charge < -0.3 is 14.9 Å². The number of aliphatic hydroxyl groups is 1. The standard InChI is InChI=1S/C24H31N2OP.C5H10/c27-24-6-3-18-15-19-8-14-26(23(19)16-22(18)24)20-9-12-25(13-10-20)11-7-17-1-4-21(28)5-2-17;1-4-5(2)3/h1-2,4-5,15-16,20,24,27H,3,6-14,28H2;4H,1-3H3. The Kier molecular flexibility index (Phi) is 8.28. The predicted octanol–water partition coefficient (Wildman–Crippen LogP) is 5.21. The van der Waals surface area contributed by atoms with Crippen molar-refractivity contribution in [2.45, 2.75) is 71.4 Å². The van der Waals surface area contributed by atoms with Crippen LogP contribution in [0.1, 0.15) is 68.4 Å². The van der Waals surface area contributed by atoms with Gasteiger partial charge in [-0.2, -0.15) is 0 Å². The highest BCUT2D eigenvalue weighted by atomic mass is 31.0. The van der Waals surface area contributed by atoms with E-state index in [4.69, 9.17) is 0 Å². The van der Waals surface area contributed by atoms with Crippen LogP contribution in [0.25, 0.3) is 0 Å². The molecule has 0 saturated carbocycles. The van der Waals surface area contributed by atoms with Gasteiger partial charge in [0.05, 0.1) is 6.10 Å². The van der Waals surface area contributed by atoms with Crippen molar-refractivity contribution in [2.24, 2.45) is 0 Å². The van der Waals surface area contributed by atoms with Crippen LogP contribution in [-0.2, 0) is 19.3 Å². The third-order valence-corrected chi connectivity index (χ3v) is 7.97. The molecule has 1 saturated heterocycles. The zero-order chi connectivity index (χ0) is 23.4. The summed E-state index contributed by atoms with van der Waals surface area (Å²) in [5.74, 6) is 0. The van der Waals surface area contributed by atoms with Gasteiger partial charge in [0.2, 0.25) is 0 Å². The number of aryl methyl sites for hydroxylation is 1. The summed E-state index contributed by atoms with van der Waals surface area (Å²) >= 11 is 0. The summed E-state index contributed by atoms with van der Waals surface area (Å²) in [6.45, 7) is 10.9. The Morgan fingerprint density at radius 1 is 1.00 bits per heavy atom. The van der Waals surface area contributed by atoms with Crippen LogP contribution in [0.3, 0.4) is 0 Å². The quantitative estimate of drug-likeness (QED) is 0.497. The molecule has 2 unspecified atom stereocenters. The molecule has 2 aliphatic heterocycles. The number of hydrogen-bond acceptors (Lipinski definition) is 3. The molecule has 33 heavy (non-hydrogen) atoms. The fourth-order valence-corrected chi connectivity index (χ4v) is 5.50. The third-order valence-electron chi connectivity index (χ3n) is 7.59. The van der Waals surface area contributed by atoms with Crippen molar-refractivity contribution >= 4 is 20.2 Å². The van der Waals surface area contributed by atoms with E-state index in [0.29, 0.717) is 6.04 Å². The molecule has 1 fully saturated rings. The first-order chi connectivity index (χ1) is 15.9. The summed E-state index contributed by atoms with van der Waals surface area (Å²) < 4.78 is 0. The summed E-state index contributed by atoms with van der Waals surface area (Å²) in [5, 5.41) is 11.5. The van der Waals surface area contributed by atoms with Gasteiger partial charge in [0.1, 0.15) is 0 Å². The summed E-state index contributed by atoms with van der Waals surface area (Å²) in [5.41, 5.74) is 8.32. The van der Waals surface area contributed by atoms with E-state index in [1.165, 1.54) is 77.7 Å². The molecule has 0 spiro atoms. The van der Waals surface area contributed by atoms with Crippen molar-refractivity contribution in [3.63, 3.8) is 0 Å². The van der Waals surface area contributed by atoms with Crippen molar-refractivity contribution in [1.29, 1.82) is 0 Å². The minimum atomic E-state index is -0.245. The molecular weight excluding hydrogens is 423 g/mol. The monoisotopic (exact) mass is 464 g/mol. The molecule has 2 atom stereocenters. The lowest BCUT2D eigenvalue weighted by atomic mass is 10.0. The second-order valence-electron chi connectivity index (χ2n) is 10.1. The van der Waals surface area contributed by atoms with Gasteiger partial charge in [-0.15, -0.1) is 9.24 Å². The third kappa shape index (κ3) is 6.07. The Morgan fingerprint density at radius 3 is 2.36 bits per heavy atom. The number of anilines is 1. The number of nitrogens with zero attached hydrogens (tertiary/aromatic N) is 2. The molecule has 0 aromatic heterocycles. The number of likely N-dealkylation sites (tertiary alicyclic amines) is 1. The first-order valence-corrected chi connectivity index (χ1v) is 13.3. The second kappa shape index (κ2) is 11.2. The van der Waals surface area contributed by atoms with Crippen LogP contribution in [0.2, 0.25) is 0 Å². The summed E-state index contributed by atoms with van der Waals surface area (Å²) in [6, 6.07) is 14.2. The number of benzene rings is 2. The van der Waals surface area contributed by atoms with Crippen molar-refractivity contribution in [3.8, 4) is 0 Å². The molecule has 178 valence electrons. The average molecular weight is 465 g/mol. The number of piperidine rings is 1. The SMILES string of the molecule is CC=C(C)C.OC1CCc2cc3c(cc21)N(C1CCN(CCc2ccc(P)cc2)CC1)CC3. The molecule has 0 amide bonds. The molecule has 0 radical (unpaired) electrons. The van der Waals surface area contributed by atoms with Crippen molar-refractivity contribution in [2.75, 3.05) is 31.1 Å². The summed E-state index contributed by atoms with van der Waals surface area (Å²) in [6.07, 6.45) is 8.60. The van der Waals surface area contributed by atoms with Gasteiger partial charge in [-0.3, -0.25) is 0 Å². The second-order valence-corrected chi connectivity index (χ2v) is 10.8. The first kappa shape index (κ1) is 24.5. The van der Waals surface area contributed by atoms with E-state index in [1.54, 1.807) is 0 Å². The fourth-order valence-electron chi connectivity index (χ4n) is 5.31. The van der Waals surface area contributed by atoms with Crippen LogP contribution >= 0.6 is 9.24 Å². The van der Waals surface area contributed by atoms with E-state index in [-0.39, 0.29) is 6.10 Å². The van der Waals surface area contributed by atoms with E-state index in [2.05, 4.69) is 75.4 Å². The zero-order valence-electron chi connectivity index (χ0n) is 20.7. The van der Waals surface area contributed by atoms with E-state index in [0.717, 1.165) is 25.8 Å². The van der Waals surface area contributed by atoms with Crippen LogP contribution < -0.4 is 10.2 Å². The van der Waals surface area contributed by atoms with Gasteiger partial charge in [-0.25, -0.2) is 0 Å². The van der Waals surface area contributed by atoms with Gasteiger partial charge in [0.15, 0.2) is 0 Å². The topological polar surface area (TPSA) is 26.7 Å². The Morgan fingerprint density at radius 2 is 1.70 bits per heavy atom. The maximum absolute atomic E-state index is 10.3. The number of allylic oxidation sites excluding steroid dienone is 2. The van der Waals surface area contributed by atoms with Crippen molar-refractivity contribution in [3.05, 3.63) is 70.3 Å². The van der Waals surface area contributed by atoms with Gasteiger partial charge in [0.25, 0.3) is 0 Å². The Bertz CT molecular complexity index is 956. The van der Waals surface area contributed by atoms with Crippen LogP contribution in [0.4, 0.5) is 5.69 Å². The van der Waals surface area contributed by atoms with Crippen LogP contribution in [0.15, 0.2) is 48.0 Å². The van der Waals surface area contributed by atoms with Crippen LogP contribution in [-0.4, -0.2) is 42.2 Å². The molecule has 3 nitrogen and oxygen atoms in total. The number of aliphatic hydroxyl groups excluding tert-OH is 1. The highest BCUT2D eigenvalue weighted by Crippen LogP contribution is 2.40. The number of rotatable bonds is 4. The van der Waals surface area contributed by atoms with Crippen LogP contribution in [0, 0.1) is 0 Å². The largest absolute Gasteiger partial charge is 0.388 e. The smallest absolute Gasteiger partial charge is 0.0796 e. The number of fused-ring (bicyclic) bond motifs is 2. The van der Waals surface area contributed by atoms with Gasteiger partial charge in [-0.1, -0.05) is 42.0 Å². The fraction of sp³-hybridized carbons (Fsp3) is 0.517. The zero-order valence-corrected chi connectivity index (χ0v) is 21.8. The van der Waals surface area contributed by atoms with Crippen molar-refractivity contribution in [1.82, 2.24) is 4.90 Å². The predicted molar refractivity (Wildman–Crippen MR) is 145 cm³/mol. The Balaban J connectivity index is 0.000000471. The molecule has 2 aromatic rings. The molecule has 0 bridgehead atoms. The lowest BCUT2D eigenvalue weighted by Gasteiger charge is -2.38. The normalized spacial score (nSPS) is 20.2. The molecule has 1 N–H and O–H groups in total. The Labute approximate surface area is 203 Å². The van der Waals surface area contributed by atoms with Crippen molar-refractivity contribution < 1.29 is 5.11 Å². The lowest BCUT2D eigenvalue weighted by Crippen LogP contribution is -2.45. The Hall–Kier alpha value is -1.67. The molecular formula is C29H41N2OP. The lowest BCUT2D eigenvalue weighted by molar-refractivity contribution is 0.180. The molecule has 3 aliphatic rings. The molecule has 1 aliphatic carbocycles. The number of hydrogen-bond donors (Lipinski definition) is 1. The summed E-state index contributed by atoms with van der Waals surface area (Å²) in [4.78, 5) is 5.28. The highest BCUT2D eigenvalue weighted by Gasteiger charge is 2.32. The minimum absolute atomic E-state index is 0.245. The van der Waals surface area contributed by atoms with E-state index in [9.17, 15) is 5.11 Å². The van der Waals surface area contributed by atoms with E-state index >= 15 is 0 Å². The average Bonchev–Trinajstić information content (AvgIpc) is 3.41. The maximum Gasteiger partial charge on any atom is 0.0796 e. The maximum atomic E-state index is 10.3. The van der Waals surface area contributed by atoms with E-state index < -0.39 is 0 Å². The molecule has 5 rings (SSSR count). The van der Waals surface area contributed by atoms with Crippen LogP contribution in [0.5, 0.6) is 0 Å². The molecule has 4 heteroatoms. The van der Waals surface area contributed by atoms with Gasteiger partial charge in [-0.05, 0) is 92.9 Å². The minimum Gasteiger partial charge on any atom is -0.388 e. The van der Waals surface area contributed by atoms with E-state index in [1.807, 2.05) is 6.92 Å². The summed E-state index contributed by atoms with van der Waals surface area (Å²) in [7, 11) is 2.76. The highest BCUT2D eigenvalue weighted by molar-refractivity contribution is 7.27. The molecule has 2 aromatic carbocycles. The first-order valence-electron chi connectivity index (χ1n) is 12.7.